The summed E-state index contributed by atoms with van der Waals surface area (Å²) in [6.07, 6.45) is 2.31. The normalized spacial score (nSPS) is 20.4. The molecular formula is C12H12ClN3O. The molecule has 1 saturated heterocycles. The van der Waals surface area contributed by atoms with Crippen molar-refractivity contribution in [3.63, 3.8) is 0 Å². The van der Waals surface area contributed by atoms with E-state index < -0.39 is 0 Å². The van der Waals surface area contributed by atoms with Crippen molar-refractivity contribution in [2.24, 2.45) is 5.92 Å². The Kier molecular flexibility index (Phi) is 2.52. The lowest BCUT2D eigenvalue weighted by Crippen LogP contribution is -2.24. The van der Waals surface area contributed by atoms with E-state index in [4.69, 9.17) is 11.6 Å². The first-order chi connectivity index (χ1) is 8.28. The summed E-state index contributed by atoms with van der Waals surface area (Å²) in [6.45, 7) is 0.714. The number of nitrogens with zero attached hydrogens (tertiary/aromatic N) is 2. The zero-order valence-corrected chi connectivity index (χ0v) is 9.94. The van der Waals surface area contributed by atoms with Crippen LogP contribution in [0.3, 0.4) is 0 Å². The Bertz CT molecular complexity index is 566. The number of fused-ring (bicyclic) bond motifs is 1. The second kappa shape index (κ2) is 4.04. The minimum atomic E-state index is 0.151. The van der Waals surface area contributed by atoms with Crippen LogP contribution in [0.25, 0.3) is 10.9 Å². The number of amides is 1. The molecule has 2 aromatic rings. The number of halogens is 1. The summed E-state index contributed by atoms with van der Waals surface area (Å²) >= 11 is 5.81. The van der Waals surface area contributed by atoms with Gasteiger partial charge in [-0.15, -0.1) is 11.6 Å². The molecule has 0 saturated carbocycles. The van der Waals surface area contributed by atoms with Gasteiger partial charge in [0.05, 0.1) is 11.7 Å². The molecule has 1 atom stereocenters. The molecule has 0 spiro atoms. The van der Waals surface area contributed by atoms with Crippen LogP contribution in [0, 0.1) is 5.92 Å². The lowest BCUT2D eigenvalue weighted by molar-refractivity contribution is -0.117. The van der Waals surface area contributed by atoms with Crippen LogP contribution in [0.2, 0.25) is 0 Å². The van der Waals surface area contributed by atoms with Crippen LogP contribution < -0.4 is 4.90 Å². The lowest BCUT2D eigenvalue weighted by Gasteiger charge is -2.16. The molecule has 0 bridgehead atoms. The van der Waals surface area contributed by atoms with Crippen molar-refractivity contribution in [3.8, 4) is 0 Å². The number of alkyl halides is 1. The Morgan fingerprint density at radius 1 is 1.53 bits per heavy atom. The maximum Gasteiger partial charge on any atom is 0.227 e. The van der Waals surface area contributed by atoms with Crippen molar-refractivity contribution in [3.05, 3.63) is 24.4 Å². The Balaban J connectivity index is 1.95. The van der Waals surface area contributed by atoms with E-state index in [1.807, 2.05) is 18.2 Å². The van der Waals surface area contributed by atoms with Gasteiger partial charge in [-0.2, -0.15) is 5.10 Å². The zero-order chi connectivity index (χ0) is 11.8. The summed E-state index contributed by atoms with van der Waals surface area (Å²) in [5.41, 5.74) is 1.91. The molecule has 1 aromatic heterocycles. The number of H-pyrrole nitrogens is 1. The van der Waals surface area contributed by atoms with Gasteiger partial charge in [0.25, 0.3) is 0 Å². The molecule has 88 valence electrons. The SMILES string of the molecule is O=C1CC(CCl)CN1c1ccc2[nH]ncc2c1. The van der Waals surface area contributed by atoms with Gasteiger partial charge in [-0.1, -0.05) is 0 Å². The molecule has 1 fully saturated rings. The van der Waals surface area contributed by atoms with Crippen LogP contribution in [0.4, 0.5) is 5.69 Å². The molecule has 1 N–H and O–H groups in total. The highest BCUT2D eigenvalue weighted by molar-refractivity contribution is 6.18. The lowest BCUT2D eigenvalue weighted by atomic mass is 10.1. The number of carbonyl (C=O) groups excluding carboxylic acids is 1. The van der Waals surface area contributed by atoms with Gasteiger partial charge in [0, 0.05) is 29.9 Å². The highest BCUT2D eigenvalue weighted by Gasteiger charge is 2.29. The molecule has 5 heteroatoms. The largest absolute Gasteiger partial charge is 0.312 e. The number of rotatable bonds is 2. The summed E-state index contributed by atoms with van der Waals surface area (Å²) in [5.74, 6) is 0.957. The topological polar surface area (TPSA) is 49.0 Å². The van der Waals surface area contributed by atoms with Crippen molar-refractivity contribution in [1.82, 2.24) is 10.2 Å². The van der Waals surface area contributed by atoms with Crippen LogP contribution in [0.5, 0.6) is 0 Å². The van der Waals surface area contributed by atoms with Crippen molar-refractivity contribution < 1.29 is 4.79 Å². The quantitative estimate of drug-likeness (QED) is 0.829. The average Bonchev–Trinajstić information content (AvgIpc) is 2.93. The predicted octanol–water partition coefficient (Wildman–Crippen LogP) is 2.15. The van der Waals surface area contributed by atoms with E-state index in [1.54, 1.807) is 11.1 Å². The van der Waals surface area contributed by atoms with E-state index in [1.165, 1.54) is 0 Å². The van der Waals surface area contributed by atoms with Crippen molar-refractivity contribution in [2.45, 2.75) is 6.42 Å². The van der Waals surface area contributed by atoms with Gasteiger partial charge in [-0.05, 0) is 24.1 Å². The minimum absolute atomic E-state index is 0.151. The molecule has 0 radical (unpaired) electrons. The average molecular weight is 250 g/mol. The third-order valence-electron chi connectivity index (χ3n) is 3.16. The molecule has 17 heavy (non-hydrogen) atoms. The summed E-state index contributed by atoms with van der Waals surface area (Å²) in [6, 6.07) is 5.86. The number of aromatic amines is 1. The molecule has 1 unspecified atom stereocenters. The van der Waals surface area contributed by atoms with Gasteiger partial charge >= 0.3 is 0 Å². The van der Waals surface area contributed by atoms with Crippen LogP contribution in [-0.2, 0) is 4.79 Å². The fourth-order valence-electron chi connectivity index (χ4n) is 2.23. The van der Waals surface area contributed by atoms with Crippen molar-refractivity contribution >= 4 is 34.1 Å². The second-order valence-corrected chi connectivity index (χ2v) is 4.68. The van der Waals surface area contributed by atoms with E-state index in [2.05, 4.69) is 10.2 Å². The van der Waals surface area contributed by atoms with Crippen molar-refractivity contribution in [2.75, 3.05) is 17.3 Å². The first-order valence-electron chi connectivity index (χ1n) is 5.57. The van der Waals surface area contributed by atoms with E-state index in [9.17, 15) is 4.79 Å². The number of aromatic nitrogens is 2. The van der Waals surface area contributed by atoms with Gasteiger partial charge in [0.2, 0.25) is 5.91 Å². The summed E-state index contributed by atoms with van der Waals surface area (Å²) < 4.78 is 0. The summed E-state index contributed by atoms with van der Waals surface area (Å²) in [5, 5.41) is 7.88. The van der Waals surface area contributed by atoms with Crippen LogP contribution in [-0.4, -0.2) is 28.5 Å². The molecule has 1 aromatic carbocycles. The van der Waals surface area contributed by atoms with Gasteiger partial charge in [0.1, 0.15) is 0 Å². The number of anilines is 1. The molecule has 3 rings (SSSR count). The highest BCUT2D eigenvalue weighted by atomic mass is 35.5. The number of carbonyl (C=O) groups is 1. The van der Waals surface area contributed by atoms with Gasteiger partial charge in [-0.3, -0.25) is 9.89 Å². The first-order valence-corrected chi connectivity index (χ1v) is 6.11. The second-order valence-electron chi connectivity index (χ2n) is 4.37. The molecule has 1 aliphatic rings. The summed E-state index contributed by atoms with van der Waals surface area (Å²) in [7, 11) is 0. The third kappa shape index (κ3) is 1.78. The van der Waals surface area contributed by atoms with E-state index >= 15 is 0 Å². The zero-order valence-electron chi connectivity index (χ0n) is 9.19. The Morgan fingerprint density at radius 3 is 3.18 bits per heavy atom. The van der Waals surface area contributed by atoms with E-state index in [0.29, 0.717) is 18.8 Å². The van der Waals surface area contributed by atoms with E-state index in [0.717, 1.165) is 16.6 Å². The van der Waals surface area contributed by atoms with Crippen LogP contribution in [0.15, 0.2) is 24.4 Å². The van der Waals surface area contributed by atoms with Crippen molar-refractivity contribution in [1.29, 1.82) is 0 Å². The number of hydrogen-bond acceptors (Lipinski definition) is 2. The smallest absolute Gasteiger partial charge is 0.227 e. The molecule has 0 aliphatic carbocycles. The number of nitrogens with one attached hydrogen (secondary N) is 1. The maximum absolute atomic E-state index is 11.9. The summed E-state index contributed by atoms with van der Waals surface area (Å²) in [4.78, 5) is 13.7. The molecular weight excluding hydrogens is 238 g/mol. The molecule has 1 amide bonds. The van der Waals surface area contributed by atoms with Crippen LogP contribution in [0.1, 0.15) is 6.42 Å². The highest BCUT2D eigenvalue weighted by Crippen LogP contribution is 2.27. The fraction of sp³-hybridized carbons (Fsp3) is 0.333. The Hall–Kier alpha value is -1.55. The first kappa shape index (κ1) is 10.6. The molecule has 4 nitrogen and oxygen atoms in total. The predicted molar refractivity (Wildman–Crippen MR) is 67.3 cm³/mol. The third-order valence-corrected chi connectivity index (χ3v) is 3.60. The monoisotopic (exact) mass is 249 g/mol. The number of benzene rings is 1. The number of hydrogen-bond donors (Lipinski definition) is 1. The minimum Gasteiger partial charge on any atom is -0.312 e. The van der Waals surface area contributed by atoms with Gasteiger partial charge in [0.15, 0.2) is 0 Å². The van der Waals surface area contributed by atoms with Crippen LogP contribution >= 0.6 is 11.6 Å². The Labute approximate surface area is 104 Å². The van der Waals surface area contributed by atoms with Gasteiger partial charge in [-0.25, -0.2) is 0 Å². The Morgan fingerprint density at radius 2 is 2.41 bits per heavy atom. The van der Waals surface area contributed by atoms with Gasteiger partial charge < -0.3 is 4.90 Å². The maximum atomic E-state index is 11.9. The molecule has 2 heterocycles. The molecule has 1 aliphatic heterocycles. The fourth-order valence-corrected chi connectivity index (χ4v) is 2.44. The standard InChI is InChI=1S/C12H12ClN3O/c13-5-8-3-12(17)16(7-8)10-1-2-11-9(4-10)6-14-15-11/h1-2,4,6,8H,3,5,7H2,(H,14,15). The van der Waals surface area contributed by atoms with E-state index in [-0.39, 0.29) is 11.8 Å².